The van der Waals surface area contributed by atoms with Gasteiger partial charge in [-0.15, -0.1) is 0 Å². The molecule has 0 atom stereocenters. The summed E-state index contributed by atoms with van der Waals surface area (Å²) in [6.45, 7) is 0. The average molecular weight is 247 g/mol. The van der Waals surface area contributed by atoms with Crippen LogP contribution in [-0.2, 0) is 0 Å². The Morgan fingerprint density at radius 1 is 0.818 bits per heavy atom. The molecule has 2 aromatic rings. The van der Waals surface area contributed by atoms with Crippen LogP contribution in [0.5, 0.6) is 0 Å². The van der Waals surface area contributed by atoms with Gasteiger partial charge in [0.2, 0.25) is 0 Å². The Bertz CT molecular complexity index is 374. The van der Waals surface area contributed by atoms with Gasteiger partial charge in [-0.2, -0.15) is 0 Å². The zero-order valence-corrected chi connectivity index (χ0v) is 9.41. The standard InChI is InChI=1S/C10H7.Sn.H/c1-2-6-10-8-4-3-7-9(10)5-1;;/h1-7H;;. The van der Waals surface area contributed by atoms with E-state index in [2.05, 4.69) is 42.5 Å². The first-order valence-corrected chi connectivity index (χ1v) is 5.26. The van der Waals surface area contributed by atoms with Gasteiger partial charge in [-0.1, -0.05) is 0 Å². The van der Waals surface area contributed by atoms with E-state index in [1.807, 2.05) is 0 Å². The molecule has 0 aromatic heterocycles. The van der Waals surface area contributed by atoms with Crippen LogP contribution in [0.2, 0.25) is 0 Å². The first kappa shape index (κ1) is 7.16. The summed E-state index contributed by atoms with van der Waals surface area (Å²) >= 11 is 1.20. The average Bonchev–Trinajstić information content (AvgIpc) is 2.06. The van der Waals surface area contributed by atoms with Crippen LogP contribution in [-0.4, -0.2) is 22.5 Å². The molecular weight excluding hydrogens is 239 g/mol. The molecule has 0 N–H and O–H groups in total. The minimum atomic E-state index is 1.20. The Hall–Kier alpha value is -0.501. The van der Waals surface area contributed by atoms with E-state index in [1.54, 1.807) is 0 Å². The van der Waals surface area contributed by atoms with Crippen molar-refractivity contribution >= 4 is 36.9 Å². The summed E-state index contributed by atoms with van der Waals surface area (Å²) in [4.78, 5) is 0. The molecule has 0 unspecified atom stereocenters. The fraction of sp³-hybridized carbons (Fsp3) is 0. The predicted molar refractivity (Wildman–Crippen MR) is 50.7 cm³/mol. The maximum atomic E-state index is 2.20. The molecule has 0 spiro atoms. The molecule has 0 amide bonds. The number of benzene rings is 2. The molecule has 0 nitrogen and oxygen atoms in total. The molecule has 11 heavy (non-hydrogen) atoms. The Balaban J connectivity index is 2.91. The molecule has 0 fully saturated rings. The Morgan fingerprint density at radius 2 is 1.55 bits per heavy atom. The van der Waals surface area contributed by atoms with Crippen molar-refractivity contribution in [3.05, 3.63) is 42.5 Å². The Labute approximate surface area is 79.3 Å². The van der Waals surface area contributed by atoms with E-state index in [-0.39, 0.29) is 0 Å². The van der Waals surface area contributed by atoms with Crippen molar-refractivity contribution in [2.45, 2.75) is 0 Å². The molecule has 0 saturated heterocycles. The second-order valence-corrected chi connectivity index (χ2v) is 4.34. The summed E-state index contributed by atoms with van der Waals surface area (Å²) in [5.41, 5.74) is 0. The van der Waals surface area contributed by atoms with Crippen LogP contribution in [0.15, 0.2) is 42.5 Å². The summed E-state index contributed by atoms with van der Waals surface area (Å²) in [6, 6.07) is 15.0. The molecule has 0 heterocycles. The molecule has 2 rings (SSSR count). The monoisotopic (exact) mass is 248 g/mol. The third kappa shape index (κ3) is 1.27. The molecule has 0 saturated carbocycles. The van der Waals surface area contributed by atoms with Crippen LogP contribution in [0.3, 0.4) is 0 Å². The van der Waals surface area contributed by atoms with Crippen LogP contribution in [0.25, 0.3) is 10.8 Å². The van der Waals surface area contributed by atoms with Crippen molar-refractivity contribution in [1.29, 1.82) is 0 Å². The zero-order valence-electron chi connectivity index (χ0n) is 6.12. The van der Waals surface area contributed by atoms with Gasteiger partial charge in [0.25, 0.3) is 0 Å². The van der Waals surface area contributed by atoms with Crippen molar-refractivity contribution in [3.63, 3.8) is 0 Å². The van der Waals surface area contributed by atoms with E-state index >= 15 is 0 Å². The fourth-order valence-electron chi connectivity index (χ4n) is 1.25. The summed E-state index contributed by atoms with van der Waals surface area (Å²) in [5.74, 6) is 0. The molecule has 0 aliphatic rings. The van der Waals surface area contributed by atoms with Gasteiger partial charge in [-0.25, -0.2) is 0 Å². The Morgan fingerprint density at radius 3 is 2.36 bits per heavy atom. The van der Waals surface area contributed by atoms with Gasteiger partial charge in [0, 0.05) is 0 Å². The second-order valence-electron chi connectivity index (χ2n) is 2.57. The maximum absolute atomic E-state index is 2.20. The molecule has 1 heteroatoms. The van der Waals surface area contributed by atoms with Gasteiger partial charge in [-0.05, 0) is 0 Å². The number of fused-ring (bicyclic) bond motifs is 1. The first-order valence-electron chi connectivity index (χ1n) is 3.61. The second kappa shape index (κ2) is 2.86. The molecular formula is C10H8Sn. The van der Waals surface area contributed by atoms with Crippen LogP contribution in [0, 0.1) is 0 Å². The molecule has 2 aromatic carbocycles. The van der Waals surface area contributed by atoms with Crippen molar-refractivity contribution in [3.8, 4) is 0 Å². The van der Waals surface area contributed by atoms with Crippen molar-refractivity contribution in [1.82, 2.24) is 0 Å². The van der Waals surface area contributed by atoms with Crippen LogP contribution < -0.4 is 3.58 Å². The number of hydrogen-bond acceptors (Lipinski definition) is 0. The van der Waals surface area contributed by atoms with E-state index in [0.29, 0.717) is 0 Å². The van der Waals surface area contributed by atoms with Gasteiger partial charge < -0.3 is 0 Å². The fourth-order valence-corrected chi connectivity index (χ4v) is 2.32. The van der Waals surface area contributed by atoms with Crippen LogP contribution >= 0.6 is 0 Å². The molecule has 0 aliphatic carbocycles. The third-order valence-corrected chi connectivity index (χ3v) is 3.26. The Kier molecular flexibility index (Phi) is 1.86. The van der Waals surface area contributed by atoms with E-state index in [0.717, 1.165) is 0 Å². The summed E-state index contributed by atoms with van der Waals surface area (Å²) in [5, 5.41) is 2.77. The summed E-state index contributed by atoms with van der Waals surface area (Å²) < 4.78 is 1.48. The van der Waals surface area contributed by atoms with Gasteiger partial charge >= 0.3 is 79.3 Å². The van der Waals surface area contributed by atoms with E-state index < -0.39 is 0 Å². The molecule has 0 bridgehead atoms. The summed E-state index contributed by atoms with van der Waals surface area (Å²) in [6.07, 6.45) is 0. The van der Waals surface area contributed by atoms with Crippen molar-refractivity contribution in [2.24, 2.45) is 0 Å². The first-order chi connectivity index (χ1) is 5.38. The van der Waals surface area contributed by atoms with E-state index in [9.17, 15) is 0 Å². The van der Waals surface area contributed by atoms with Gasteiger partial charge in [0.15, 0.2) is 0 Å². The van der Waals surface area contributed by atoms with Crippen molar-refractivity contribution in [2.75, 3.05) is 0 Å². The topological polar surface area (TPSA) is 0 Å². The zero-order chi connectivity index (χ0) is 7.68. The molecule has 52 valence electrons. The summed E-state index contributed by atoms with van der Waals surface area (Å²) in [7, 11) is 0. The minimum absolute atomic E-state index is 1.20. The predicted octanol–water partition coefficient (Wildman–Crippen LogP) is 1.37. The normalized spacial score (nSPS) is 10.3. The third-order valence-electron chi connectivity index (χ3n) is 1.82. The van der Waals surface area contributed by atoms with Crippen LogP contribution in [0.1, 0.15) is 0 Å². The quantitative estimate of drug-likeness (QED) is 0.616. The molecule has 2 radical (unpaired) electrons. The van der Waals surface area contributed by atoms with Gasteiger partial charge in [0.05, 0.1) is 0 Å². The van der Waals surface area contributed by atoms with E-state index in [4.69, 9.17) is 0 Å². The number of hydrogen-bond donors (Lipinski definition) is 0. The van der Waals surface area contributed by atoms with E-state index in [1.165, 1.54) is 36.9 Å². The van der Waals surface area contributed by atoms with Gasteiger partial charge in [-0.3, -0.25) is 0 Å². The van der Waals surface area contributed by atoms with Crippen molar-refractivity contribution < 1.29 is 0 Å². The van der Waals surface area contributed by atoms with Gasteiger partial charge in [0.1, 0.15) is 0 Å². The SMILES string of the molecule is [SnH][c]1cccc2ccccc12. The number of rotatable bonds is 0. The molecule has 0 aliphatic heterocycles. The van der Waals surface area contributed by atoms with Crippen LogP contribution in [0.4, 0.5) is 0 Å².